The number of carbonyl (C=O) groups excluding carboxylic acids is 2. The van der Waals surface area contributed by atoms with E-state index in [1.54, 1.807) is 18.6 Å². The molecule has 0 spiro atoms. The summed E-state index contributed by atoms with van der Waals surface area (Å²) in [5.41, 5.74) is 0. The molecule has 2 rings (SSSR count). The first kappa shape index (κ1) is 19.0. The second kappa shape index (κ2) is 9.80. The molecule has 0 bridgehead atoms. The van der Waals surface area contributed by atoms with Crippen LogP contribution in [0.15, 0.2) is 18.6 Å². The Morgan fingerprint density at radius 2 is 1.92 bits per heavy atom. The molecule has 1 aromatic heterocycles. The average molecular weight is 348 g/mol. The molecular weight excluding hydrogens is 320 g/mol. The van der Waals surface area contributed by atoms with Crippen LogP contribution in [-0.4, -0.2) is 71.0 Å². The van der Waals surface area contributed by atoms with Gasteiger partial charge in [-0.3, -0.25) is 9.78 Å². The lowest BCUT2D eigenvalue weighted by molar-refractivity contribution is -0.126. The summed E-state index contributed by atoms with van der Waals surface area (Å²) in [6, 6.07) is 0.0806. The third-order valence-corrected chi connectivity index (χ3v) is 4.46. The topological polar surface area (TPSA) is 90.5 Å². The minimum Gasteiger partial charge on any atom is -0.367 e. The lowest BCUT2D eigenvalue weighted by atomic mass is 9.96. The van der Waals surface area contributed by atoms with E-state index in [9.17, 15) is 9.59 Å². The summed E-state index contributed by atoms with van der Waals surface area (Å²) in [6.07, 6.45) is 6.32. The molecule has 2 heterocycles. The molecule has 0 aromatic carbocycles. The van der Waals surface area contributed by atoms with Gasteiger partial charge in [-0.05, 0) is 26.7 Å². The van der Waals surface area contributed by atoms with Gasteiger partial charge in [-0.1, -0.05) is 0 Å². The fraction of sp³-hybridized carbons (Fsp3) is 0.647. The van der Waals surface area contributed by atoms with Crippen molar-refractivity contribution in [1.29, 1.82) is 0 Å². The van der Waals surface area contributed by atoms with Crippen LogP contribution in [0.4, 0.5) is 10.6 Å². The fourth-order valence-corrected chi connectivity index (χ4v) is 2.94. The van der Waals surface area contributed by atoms with Crippen LogP contribution in [0.25, 0.3) is 0 Å². The summed E-state index contributed by atoms with van der Waals surface area (Å²) in [5.74, 6) is 0.744. The number of nitrogens with zero attached hydrogens (tertiary/aromatic N) is 4. The molecular formula is C17H28N6O2. The van der Waals surface area contributed by atoms with Gasteiger partial charge in [0, 0.05) is 57.6 Å². The van der Waals surface area contributed by atoms with Crippen LogP contribution in [0.5, 0.6) is 0 Å². The van der Waals surface area contributed by atoms with Gasteiger partial charge in [0.25, 0.3) is 0 Å². The van der Waals surface area contributed by atoms with Crippen molar-refractivity contribution in [1.82, 2.24) is 25.1 Å². The van der Waals surface area contributed by atoms with Crippen LogP contribution in [0.2, 0.25) is 0 Å². The quantitative estimate of drug-likeness (QED) is 0.722. The van der Waals surface area contributed by atoms with E-state index in [1.165, 1.54) is 0 Å². The summed E-state index contributed by atoms with van der Waals surface area (Å²) in [4.78, 5) is 36.3. The number of carbonyl (C=O) groups is 2. The first-order valence-electron chi connectivity index (χ1n) is 8.97. The van der Waals surface area contributed by atoms with Gasteiger partial charge in [0.1, 0.15) is 5.82 Å². The summed E-state index contributed by atoms with van der Waals surface area (Å²) in [5, 5.41) is 6.05. The van der Waals surface area contributed by atoms with Crippen molar-refractivity contribution < 1.29 is 9.59 Å². The third-order valence-electron chi connectivity index (χ3n) is 4.46. The van der Waals surface area contributed by atoms with Crippen molar-refractivity contribution in [3.8, 4) is 0 Å². The number of likely N-dealkylation sites (tertiary alicyclic amines) is 1. The van der Waals surface area contributed by atoms with Gasteiger partial charge in [-0.25, -0.2) is 9.78 Å². The Labute approximate surface area is 149 Å². The molecule has 0 saturated carbocycles. The summed E-state index contributed by atoms with van der Waals surface area (Å²) >= 11 is 0. The van der Waals surface area contributed by atoms with Gasteiger partial charge in [-0.2, -0.15) is 0 Å². The smallest absolute Gasteiger partial charge is 0.319 e. The van der Waals surface area contributed by atoms with E-state index < -0.39 is 0 Å². The Morgan fingerprint density at radius 1 is 1.20 bits per heavy atom. The highest BCUT2D eigenvalue weighted by molar-refractivity contribution is 5.79. The number of nitrogens with one attached hydrogen (secondary N) is 2. The fourth-order valence-electron chi connectivity index (χ4n) is 2.94. The van der Waals surface area contributed by atoms with Crippen LogP contribution in [0.3, 0.4) is 0 Å². The number of anilines is 1. The second-order valence-electron chi connectivity index (χ2n) is 6.02. The number of amides is 3. The average Bonchev–Trinajstić information content (AvgIpc) is 2.67. The number of aromatic nitrogens is 2. The van der Waals surface area contributed by atoms with Crippen LogP contribution in [0, 0.1) is 5.92 Å². The normalized spacial score (nSPS) is 14.9. The molecule has 138 valence electrons. The zero-order valence-electron chi connectivity index (χ0n) is 15.1. The predicted octanol–water partition coefficient (Wildman–Crippen LogP) is 1.18. The zero-order valence-corrected chi connectivity index (χ0v) is 15.1. The van der Waals surface area contributed by atoms with Gasteiger partial charge in [0.2, 0.25) is 5.91 Å². The van der Waals surface area contributed by atoms with Gasteiger partial charge >= 0.3 is 6.03 Å². The van der Waals surface area contributed by atoms with E-state index in [2.05, 4.69) is 20.6 Å². The van der Waals surface area contributed by atoms with Gasteiger partial charge in [0.05, 0.1) is 6.20 Å². The van der Waals surface area contributed by atoms with Crippen LogP contribution < -0.4 is 10.6 Å². The zero-order chi connectivity index (χ0) is 18.1. The molecule has 0 aliphatic carbocycles. The number of rotatable bonds is 7. The number of urea groups is 1. The highest BCUT2D eigenvalue weighted by Crippen LogP contribution is 2.18. The SMILES string of the molecule is CCN(CC)C(=O)N1CCC(C(=O)NCCNc2cnccn2)CC1. The third kappa shape index (κ3) is 5.58. The molecule has 1 aromatic rings. The summed E-state index contributed by atoms with van der Waals surface area (Å²) in [7, 11) is 0. The Balaban J connectivity index is 1.66. The molecule has 25 heavy (non-hydrogen) atoms. The Hall–Kier alpha value is -2.38. The van der Waals surface area contributed by atoms with Crippen molar-refractivity contribution in [2.45, 2.75) is 26.7 Å². The maximum Gasteiger partial charge on any atom is 0.319 e. The molecule has 1 aliphatic rings. The van der Waals surface area contributed by atoms with Crippen molar-refractivity contribution in [2.24, 2.45) is 5.92 Å². The summed E-state index contributed by atoms with van der Waals surface area (Å²) < 4.78 is 0. The Kier molecular flexibility index (Phi) is 7.43. The van der Waals surface area contributed by atoms with Gasteiger partial charge in [0.15, 0.2) is 0 Å². The number of hydrogen-bond acceptors (Lipinski definition) is 5. The molecule has 8 heteroatoms. The molecule has 0 unspecified atom stereocenters. The van der Waals surface area contributed by atoms with E-state index >= 15 is 0 Å². The minimum atomic E-state index is -0.0164. The van der Waals surface area contributed by atoms with E-state index in [1.807, 2.05) is 23.6 Å². The van der Waals surface area contributed by atoms with Crippen molar-refractivity contribution >= 4 is 17.8 Å². The lowest BCUT2D eigenvalue weighted by Crippen LogP contribution is -2.48. The van der Waals surface area contributed by atoms with Crippen molar-refractivity contribution in [3.63, 3.8) is 0 Å². The first-order chi connectivity index (χ1) is 12.2. The van der Waals surface area contributed by atoms with Crippen LogP contribution >= 0.6 is 0 Å². The Bertz CT molecular complexity index is 541. The maximum absolute atomic E-state index is 12.3. The largest absolute Gasteiger partial charge is 0.367 e. The Morgan fingerprint density at radius 3 is 2.52 bits per heavy atom. The minimum absolute atomic E-state index is 0.0164. The van der Waals surface area contributed by atoms with Gasteiger partial charge in [-0.15, -0.1) is 0 Å². The summed E-state index contributed by atoms with van der Waals surface area (Å²) in [6.45, 7) is 7.82. The molecule has 0 radical (unpaired) electrons. The molecule has 0 atom stereocenters. The molecule has 3 amide bonds. The lowest BCUT2D eigenvalue weighted by Gasteiger charge is -2.34. The van der Waals surface area contributed by atoms with Crippen LogP contribution in [-0.2, 0) is 4.79 Å². The number of hydrogen-bond donors (Lipinski definition) is 2. The van der Waals surface area contributed by atoms with Crippen molar-refractivity contribution in [2.75, 3.05) is 44.6 Å². The van der Waals surface area contributed by atoms with E-state index in [-0.39, 0.29) is 17.9 Å². The van der Waals surface area contributed by atoms with E-state index in [0.717, 1.165) is 12.8 Å². The predicted molar refractivity (Wildman–Crippen MR) is 96.1 cm³/mol. The molecule has 8 nitrogen and oxygen atoms in total. The maximum atomic E-state index is 12.3. The van der Waals surface area contributed by atoms with Crippen LogP contribution in [0.1, 0.15) is 26.7 Å². The highest BCUT2D eigenvalue weighted by atomic mass is 16.2. The van der Waals surface area contributed by atoms with E-state index in [0.29, 0.717) is 45.1 Å². The highest BCUT2D eigenvalue weighted by Gasteiger charge is 2.28. The van der Waals surface area contributed by atoms with Gasteiger partial charge < -0.3 is 20.4 Å². The standard InChI is InChI=1S/C17H28N6O2/c1-3-22(4-2)17(25)23-11-5-14(6-12-23)16(24)21-10-9-20-15-13-18-7-8-19-15/h7-8,13-14H,3-6,9-12H2,1-2H3,(H,19,20)(H,21,24). The second-order valence-corrected chi connectivity index (χ2v) is 6.02. The number of piperidine rings is 1. The molecule has 1 fully saturated rings. The molecule has 1 aliphatic heterocycles. The monoisotopic (exact) mass is 348 g/mol. The molecule has 1 saturated heterocycles. The molecule has 2 N–H and O–H groups in total. The van der Waals surface area contributed by atoms with E-state index in [4.69, 9.17) is 0 Å². The van der Waals surface area contributed by atoms with Crippen molar-refractivity contribution in [3.05, 3.63) is 18.6 Å². The first-order valence-corrected chi connectivity index (χ1v) is 8.97.